The van der Waals surface area contributed by atoms with Crippen LogP contribution < -0.4 is 4.72 Å². The van der Waals surface area contributed by atoms with Crippen molar-refractivity contribution in [2.45, 2.75) is 30.8 Å². The van der Waals surface area contributed by atoms with E-state index in [2.05, 4.69) is 14.7 Å². The smallest absolute Gasteiger partial charge is 0.257 e. The molecule has 1 aliphatic heterocycles. The van der Waals surface area contributed by atoms with Gasteiger partial charge in [0.1, 0.15) is 0 Å². The third kappa shape index (κ3) is 2.88. The molecule has 100 valence electrons. The quantitative estimate of drug-likeness (QED) is 0.789. The summed E-state index contributed by atoms with van der Waals surface area (Å²) in [5.41, 5.74) is 0. The average Bonchev–Trinajstić information content (AvgIpc) is 2.83. The van der Waals surface area contributed by atoms with Crippen LogP contribution in [0.15, 0.2) is 17.6 Å². The Morgan fingerprint density at radius 1 is 1.50 bits per heavy atom. The number of nitrogens with zero attached hydrogens (tertiary/aromatic N) is 2. The molecular formula is C10H16N4O3S. The van der Waals surface area contributed by atoms with Gasteiger partial charge >= 0.3 is 0 Å². The summed E-state index contributed by atoms with van der Waals surface area (Å²) in [7, 11) is -3.53. The van der Waals surface area contributed by atoms with E-state index in [4.69, 9.17) is 0 Å². The number of sulfonamides is 1. The number of piperidine rings is 1. The highest BCUT2D eigenvalue weighted by Crippen LogP contribution is 2.13. The summed E-state index contributed by atoms with van der Waals surface area (Å²) in [6.45, 7) is 2.70. The molecule has 1 fully saturated rings. The Kier molecular flexibility index (Phi) is 3.67. The number of carbonyl (C=O) groups is 1. The lowest BCUT2D eigenvalue weighted by atomic mass is 10.1. The number of aromatic nitrogens is 2. The van der Waals surface area contributed by atoms with Crippen LogP contribution in [0.5, 0.6) is 0 Å². The van der Waals surface area contributed by atoms with Gasteiger partial charge in [0, 0.05) is 26.1 Å². The molecule has 0 aromatic carbocycles. The second-order valence-electron chi connectivity index (χ2n) is 4.32. The molecule has 1 aromatic heterocycles. The predicted molar refractivity (Wildman–Crippen MR) is 64.2 cm³/mol. The van der Waals surface area contributed by atoms with Crippen LogP contribution in [0, 0.1) is 0 Å². The number of rotatable bonds is 3. The van der Waals surface area contributed by atoms with Gasteiger partial charge in [-0.25, -0.2) is 18.1 Å². The second-order valence-corrected chi connectivity index (χ2v) is 6.00. The zero-order valence-corrected chi connectivity index (χ0v) is 10.9. The Bertz CT molecular complexity index is 503. The van der Waals surface area contributed by atoms with Crippen molar-refractivity contribution in [2.24, 2.45) is 0 Å². The predicted octanol–water partition coefficient (Wildman–Crippen LogP) is -0.301. The third-order valence-corrected chi connectivity index (χ3v) is 4.47. The van der Waals surface area contributed by atoms with Crippen LogP contribution in [0.25, 0.3) is 0 Å². The molecule has 18 heavy (non-hydrogen) atoms. The van der Waals surface area contributed by atoms with Crippen molar-refractivity contribution < 1.29 is 13.2 Å². The molecule has 1 saturated heterocycles. The van der Waals surface area contributed by atoms with Crippen molar-refractivity contribution in [2.75, 3.05) is 13.1 Å². The summed E-state index contributed by atoms with van der Waals surface area (Å²) < 4.78 is 26.4. The van der Waals surface area contributed by atoms with E-state index < -0.39 is 10.0 Å². The highest BCUT2D eigenvalue weighted by atomic mass is 32.2. The minimum absolute atomic E-state index is 0.0323. The van der Waals surface area contributed by atoms with E-state index in [0.717, 1.165) is 0 Å². The summed E-state index contributed by atoms with van der Waals surface area (Å²) in [6.07, 6.45) is 3.86. The van der Waals surface area contributed by atoms with Crippen LogP contribution in [0.1, 0.15) is 19.8 Å². The first-order chi connectivity index (χ1) is 8.49. The summed E-state index contributed by atoms with van der Waals surface area (Å²) in [6, 6.07) is -0.131. The summed E-state index contributed by atoms with van der Waals surface area (Å²) >= 11 is 0. The molecule has 7 nitrogen and oxygen atoms in total. The number of likely N-dealkylation sites (tertiary alicyclic amines) is 1. The number of H-pyrrole nitrogens is 1. The molecule has 0 atom stereocenters. The monoisotopic (exact) mass is 272 g/mol. The number of hydrogen-bond donors (Lipinski definition) is 2. The Morgan fingerprint density at radius 3 is 2.67 bits per heavy atom. The summed E-state index contributed by atoms with van der Waals surface area (Å²) in [5, 5.41) is 0.0662. The fraction of sp³-hybridized carbons (Fsp3) is 0.600. The molecule has 1 aliphatic rings. The molecule has 1 aromatic rings. The van der Waals surface area contributed by atoms with Crippen molar-refractivity contribution in [3.05, 3.63) is 12.5 Å². The van der Waals surface area contributed by atoms with Crippen LogP contribution in [-0.2, 0) is 14.8 Å². The van der Waals surface area contributed by atoms with Crippen LogP contribution in [0.3, 0.4) is 0 Å². The molecule has 0 spiro atoms. The Hall–Kier alpha value is -1.41. The zero-order chi connectivity index (χ0) is 13.2. The molecule has 2 rings (SSSR count). The number of carbonyl (C=O) groups excluding carboxylic acids is 1. The van der Waals surface area contributed by atoms with Crippen LogP contribution >= 0.6 is 0 Å². The molecule has 2 heterocycles. The normalized spacial score (nSPS) is 17.9. The van der Waals surface area contributed by atoms with Gasteiger partial charge < -0.3 is 9.88 Å². The maximum atomic E-state index is 11.9. The van der Waals surface area contributed by atoms with E-state index in [0.29, 0.717) is 25.9 Å². The topological polar surface area (TPSA) is 95.2 Å². The first-order valence-corrected chi connectivity index (χ1v) is 7.23. The molecule has 0 unspecified atom stereocenters. The van der Waals surface area contributed by atoms with E-state index in [9.17, 15) is 13.2 Å². The van der Waals surface area contributed by atoms with Crippen molar-refractivity contribution in [3.63, 3.8) is 0 Å². The van der Waals surface area contributed by atoms with Gasteiger partial charge in [0.05, 0.1) is 12.5 Å². The van der Waals surface area contributed by atoms with Gasteiger partial charge in [0.25, 0.3) is 10.0 Å². The van der Waals surface area contributed by atoms with Gasteiger partial charge in [-0.1, -0.05) is 0 Å². The van der Waals surface area contributed by atoms with Gasteiger partial charge in [-0.3, -0.25) is 4.79 Å². The van der Waals surface area contributed by atoms with E-state index in [-0.39, 0.29) is 17.0 Å². The fourth-order valence-electron chi connectivity index (χ4n) is 1.99. The molecule has 1 amide bonds. The Morgan fingerprint density at radius 2 is 2.17 bits per heavy atom. The van der Waals surface area contributed by atoms with Gasteiger partial charge in [-0.2, -0.15) is 0 Å². The number of hydrogen-bond acceptors (Lipinski definition) is 4. The zero-order valence-electron chi connectivity index (χ0n) is 10.1. The second kappa shape index (κ2) is 5.07. The SMILES string of the molecule is CC(=O)N1CCC(NS(=O)(=O)c2cnc[nH]2)CC1. The minimum atomic E-state index is -3.53. The maximum absolute atomic E-state index is 11.9. The van der Waals surface area contributed by atoms with Gasteiger partial charge in [-0.05, 0) is 12.8 Å². The van der Waals surface area contributed by atoms with Crippen molar-refractivity contribution in [1.29, 1.82) is 0 Å². The summed E-state index contributed by atoms with van der Waals surface area (Å²) in [4.78, 5) is 19.1. The number of nitrogens with one attached hydrogen (secondary N) is 2. The van der Waals surface area contributed by atoms with Crippen LogP contribution in [0.4, 0.5) is 0 Å². The number of imidazole rings is 1. The lowest BCUT2D eigenvalue weighted by Crippen LogP contribution is -2.45. The largest absolute Gasteiger partial charge is 0.343 e. The minimum Gasteiger partial charge on any atom is -0.343 e. The lowest BCUT2D eigenvalue weighted by molar-refractivity contribution is -0.129. The van der Waals surface area contributed by atoms with Gasteiger partial charge in [0.15, 0.2) is 5.03 Å². The van der Waals surface area contributed by atoms with Crippen LogP contribution in [-0.4, -0.2) is 48.3 Å². The van der Waals surface area contributed by atoms with E-state index in [1.165, 1.54) is 19.4 Å². The molecule has 0 saturated carbocycles. The summed E-state index contributed by atoms with van der Waals surface area (Å²) in [5.74, 6) is 0.0323. The molecular weight excluding hydrogens is 256 g/mol. The first kappa shape index (κ1) is 13.0. The molecule has 8 heteroatoms. The first-order valence-electron chi connectivity index (χ1n) is 5.75. The lowest BCUT2D eigenvalue weighted by Gasteiger charge is -2.31. The third-order valence-electron chi connectivity index (χ3n) is 3.02. The average molecular weight is 272 g/mol. The van der Waals surface area contributed by atoms with Gasteiger partial charge in [0.2, 0.25) is 5.91 Å². The molecule has 0 aliphatic carbocycles. The number of amides is 1. The van der Waals surface area contributed by atoms with E-state index >= 15 is 0 Å². The Balaban J connectivity index is 1.94. The molecule has 0 radical (unpaired) electrons. The Labute approximate surface area is 106 Å². The molecule has 0 bridgehead atoms. The van der Waals surface area contributed by atoms with Crippen LogP contribution in [0.2, 0.25) is 0 Å². The van der Waals surface area contributed by atoms with E-state index in [1.54, 1.807) is 4.90 Å². The standard InChI is InChI=1S/C10H16N4O3S/c1-8(15)14-4-2-9(3-5-14)13-18(16,17)10-6-11-7-12-10/h6-7,9,13H,2-5H2,1H3,(H,11,12). The maximum Gasteiger partial charge on any atom is 0.257 e. The molecule has 2 N–H and O–H groups in total. The highest BCUT2D eigenvalue weighted by Gasteiger charge is 2.25. The fourth-order valence-corrected chi connectivity index (χ4v) is 3.19. The van der Waals surface area contributed by atoms with Gasteiger partial charge in [-0.15, -0.1) is 0 Å². The van der Waals surface area contributed by atoms with Crippen molar-refractivity contribution >= 4 is 15.9 Å². The van der Waals surface area contributed by atoms with Crippen molar-refractivity contribution in [3.8, 4) is 0 Å². The van der Waals surface area contributed by atoms with Crippen molar-refractivity contribution in [1.82, 2.24) is 19.6 Å². The van der Waals surface area contributed by atoms with E-state index in [1.807, 2.05) is 0 Å². The number of aromatic amines is 1. The highest BCUT2D eigenvalue weighted by molar-refractivity contribution is 7.89.